The maximum absolute atomic E-state index is 12.7. The maximum Gasteiger partial charge on any atom is 0.341 e. The summed E-state index contributed by atoms with van der Waals surface area (Å²) in [5, 5.41) is 10.3. The van der Waals surface area contributed by atoms with Crippen LogP contribution in [0, 0.1) is 13.8 Å². The van der Waals surface area contributed by atoms with Crippen molar-refractivity contribution < 1.29 is 14.3 Å². The molecule has 0 fully saturated rings. The summed E-state index contributed by atoms with van der Waals surface area (Å²) in [6.45, 7) is 5.21. The van der Waals surface area contributed by atoms with Gasteiger partial charge in [-0.15, -0.1) is 0 Å². The third-order valence-corrected chi connectivity index (χ3v) is 4.61. The molecule has 0 radical (unpaired) electrons. The second-order valence-electron chi connectivity index (χ2n) is 6.74. The summed E-state index contributed by atoms with van der Waals surface area (Å²) < 4.78 is 7.10. The number of amides is 1. The van der Waals surface area contributed by atoms with Gasteiger partial charge in [0, 0.05) is 12.7 Å². The van der Waals surface area contributed by atoms with E-state index >= 15 is 0 Å². The van der Waals surface area contributed by atoms with Gasteiger partial charge in [0.25, 0.3) is 5.91 Å². The predicted octanol–water partition coefficient (Wildman–Crippen LogP) is 3.96. The Bertz CT molecular complexity index is 1030. The van der Waals surface area contributed by atoms with E-state index in [-0.39, 0.29) is 0 Å². The van der Waals surface area contributed by atoms with Crippen molar-refractivity contribution in [2.75, 3.05) is 10.6 Å². The van der Waals surface area contributed by atoms with Gasteiger partial charge in [-0.05, 0) is 45.0 Å². The van der Waals surface area contributed by atoms with Gasteiger partial charge in [0.05, 0.1) is 28.3 Å². The molecule has 0 aliphatic heterocycles. The quantitative estimate of drug-likeness (QED) is 0.620. The lowest BCUT2D eigenvalue weighted by Gasteiger charge is -2.16. The topological polar surface area (TPSA) is 85.2 Å². The average molecular weight is 392 g/mol. The number of hydrogen-bond donors (Lipinski definition) is 2. The molecule has 1 atom stereocenters. The van der Waals surface area contributed by atoms with Crippen molar-refractivity contribution in [2.24, 2.45) is 7.05 Å². The summed E-state index contributed by atoms with van der Waals surface area (Å²) in [6, 6.07) is 16.5. The number of benzene rings is 2. The fraction of sp³-hybridized carbons (Fsp3) is 0.227. The van der Waals surface area contributed by atoms with Crippen LogP contribution in [-0.4, -0.2) is 27.8 Å². The van der Waals surface area contributed by atoms with Gasteiger partial charge >= 0.3 is 5.97 Å². The Morgan fingerprint density at radius 1 is 1.03 bits per heavy atom. The number of ether oxygens (including phenoxy) is 1. The molecule has 0 saturated carbocycles. The lowest BCUT2D eigenvalue weighted by atomic mass is 10.1. The zero-order valence-electron chi connectivity index (χ0n) is 16.9. The van der Waals surface area contributed by atoms with E-state index in [0.29, 0.717) is 22.6 Å². The molecule has 0 unspecified atom stereocenters. The Kier molecular flexibility index (Phi) is 5.97. The van der Waals surface area contributed by atoms with E-state index in [0.717, 1.165) is 11.4 Å². The molecule has 1 heterocycles. The van der Waals surface area contributed by atoms with Gasteiger partial charge in [0.2, 0.25) is 0 Å². The molecule has 1 aromatic heterocycles. The summed E-state index contributed by atoms with van der Waals surface area (Å²) >= 11 is 0. The van der Waals surface area contributed by atoms with Crippen molar-refractivity contribution in [2.45, 2.75) is 26.9 Å². The first-order valence-electron chi connectivity index (χ1n) is 9.30. The monoisotopic (exact) mass is 392 g/mol. The molecule has 2 N–H and O–H groups in total. The van der Waals surface area contributed by atoms with Crippen LogP contribution in [0.15, 0.2) is 54.6 Å². The molecule has 0 saturated heterocycles. The largest absolute Gasteiger partial charge is 0.449 e. The normalized spacial score (nSPS) is 11.6. The van der Waals surface area contributed by atoms with Gasteiger partial charge in [0.15, 0.2) is 6.10 Å². The number of para-hydroxylation sites is 2. The number of nitrogens with one attached hydrogen (secondary N) is 2. The first-order valence-corrected chi connectivity index (χ1v) is 9.30. The summed E-state index contributed by atoms with van der Waals surface area (Å²) in [5.74, 6) is -0.989. The number of aromatic nitrogens is 2. The van der Waals surface area contributed by atoms with Crippen LogP contribution >= 0.6 is 0 Å². The molecule has 7 nitrogen and oxygen atoms in total. The van der Waals surface area contributed by atoms with Crippen LogP contribution in [0.5, 0.6) is 0 Å². The molecule has 150 valence electrons. The van der Waals surface area contributed by atoms with E-state index in [1.807, 2.05) is 50.2 Å². The first kappa shape index (κ1) is 20.1. The lowest BCUT2D eigenvalue weighted by Crippen LogP contribution is -2.30. The molecule has 3 rings (SSSR count). The van der Waals surface area contributed by atoms with Gasteiger partial charge in [-0.3, -0.25) is 9.48 Å². The molecule has 1 amide bonds. The Morgan fingerprint density at radius 2 is 1.69 bits per heavy atom. The summed E-state index contributed by atoms with van der Waals surface area (Å²) in [7, 11) is 1.80. The van der Waals surface area contributed by atoms with E-state index < -0.39 is 18.0 Å². The Morgan fingerprint density at radius 3 is 2.34 bits per heavy atom. The highest BCUT2D eigenvalue weighted by Crippen LogP contribution is 2.23. The lowest BCUT2D eigenvalue weighted by molar-refractivity contribution is -0.123. The minimum absolute atomic E-state index is 0.352. The van der Waals surface area contributed by atoms with E-state index in [9.17, 15) is 9.59 Å². The van der Waals surface area contributed by atoms with E-state index in [2.05, 4.69) is 15.7 Å². The van der Waals surface area contributed by atoms with Crippen molar-refractivity contribution in [3.63, 3.8) is 0 Å². The van der Waals surface area contributed by atoms with Crippen LogP contribution in [0.25, 0.3) is 0 Å². The third-order valence-electron chi connectivity index (χ3n) is 4.61. The van der Waals surface area contributed by atoms with Crippen LogP contribution in [0.1, 0.15) is 28.7 Å². The third kappa shape index (κ3) is 4.63. The number of rotatable bonds is 6. The molecule has 3 aromatic rings. The van der Waals surface area contributed by atoms with Crippen molar-refractivity contribution in [3.8, 4) is 0 Å². The fourth-order valence-corrected chi connectivity index (χ4v) is 2.90. The van der Waals surface area contributed by atoms with E-state index in [4.69, 9.17) is 4.74 Å². The van der Waals surface area contributed by atoms with Crippen LogP contribution in [0.4, 0.5) is 17.1 Å². The Hall–Kier alpha value is -3.61. The molecule has 0 aliphatic rings. The van der Waals surface area contributed by atoms with Gasteiger partial charge in [-0.25, -0.2) is 4.79 Å². The fourth-order valence-electron chi connectivity index (χ4n) is 2.90. The number of carbonyl (C=O) groups is 2. The molecule has 0 spiro atoms. The summed E-state index contributed by atoms with van der Waals surface area (Å²) in [6.07, 6.45) is -0.966. The van der Waals surface area contributed by atoms with E-state index in [1.165, 1.54) is 0 Å². The molecule has 29 heavy (non-hydrogen) atoms. The van der Waals surface area contributed by atoms with Gasteiger partial charge < -0.3 is 15.4 Å². The van der Waals surface area contributed by atoms with Crippen molar-refractivity contribution in [1.29, 1.82) is 0 Å². The smallest absolute Gasteiger partial charge is 0.341 e. The maximum atomic E-state index is 12.7. The Labute approximate surface area is 169 Å². The highest BCUT2D eigenvalue weighted by Gasteiger charge is 2.23. The predicted molar refractivity (Wildman–Crippen MR) is 112 cm³/mol. The van der Waals surface area contributed by atoms with Gasteiger partial charge in [-0.1, -0.05) is 30.3 Å². The van der Waals surface area contributed by atoms with Crippen molar-refractivity contribution >= 4 is 28.9 Å². The number of esters is 1. The first-order chi connectivity index (χ1) is 13.9. The zero-order valence-corrected chi connectivity index (χ0v) is 16.9. The number of nitrogens with zero attached hydrogens (tertiary/aromatic N) is 2. The molecule has 0 aliphatic carbocycles. The van der Waals surface area contributed by atoms with Crippen LogP contribution in [-0.2, 0) is 16.6 Å². The molecular formula is C22H24N4O3. The summed E-state index contributed by atoms with van der Waals surface area (Å²) in [5.41, 5.74) is 3.97. The van der Waals surface area contributed by atoms with Crippen LogP contribution in [0.2, 0.25) is 0 Å². The summed E-state index contributed by atoms with van der Waals surface area (Å²) in [4.78, 5) is 25.2. The van der Waals surface area contributed by atoms with Gasteiger partial charge in [-0.2, -0.15) is 5.10 Å². The number of aryl methyl sites for hydroxylation is 2. The highest BCUT2D eigenvalue weighted by atomic mass is 16.5. The highest BCUT2D eigenvalue weighted by molar-refractivity contribution is 6.00. The minimum atomic E-state index is -0.966. The molecular weight excluding hydrogens is 368 g/mol. The van der Waals surface area contributed by atoms with Crippen molar-refractivity contribution in [1.82, 2.24) is 9.78 Å². The van der Waals surface area contributed by atoms with Crippen molar-refractivity contribution in [3.05, 3.63) is 71.5 Å². The second-order valence-corrected chi connectivity index (χ2v) is 6.74. The van der Waals surface area contributed by atoms with Crippen LogP contribution < -0.4 is 10.6 Å². The second kappa shape index (κ2) is 8.60. The van der Waals surface area contributed by atoms with E-state index in [1.54, 1.807) is 36.9 Å². The number of carbonyl (C=O) groups excluding carboxylic acids is 2. The molecule has 7 heteroatoms. The van der Waals surface area contributed by atoms with Crippen LogP contribution in [0.3, 0.4) is 0 Å². The Balaban J connectivity index is 1.70. The standard InChI is InChI=1S/C22H24N4O3/c1-14-20(15(2)26(4)25-14)24-21(27)16(3)29-22(28)18-12-8-9-13-19(18)23-17-10-6-5-7-11-17/h5-13,16,23H,1-4H3,(H,24,27)/t16-/m1/s1. The molecule has 0 bridgehead atoms. The van der Waals surface area contributed by atoms with Gasteiger partial charge in [0.1, 0.15) is 0 Å². The number of hydrogen-bond acceptors (Lipinski definition) is 5. The molecule has 2 aromatic carbocycles. The minimum Gasteiger partial charge on any atom is -0.449 e. The zero-order chi connectivity index (χ0) is 21.0. The average Bonchev–Trinajstić information content (AvgIpc) is 2.95. The SMILES string of the molecule is Cc1nn(C)c(C)c1NC(=O)[C@@H](C)OC(=O)c1ccccc1Nc1ccccc1. The number of anilines is 3.